The summed E-state index contributed by atoms with van der Waals surface area (Å²) in [6.45, 7) is 0. The van der Waals surface area contributed by atoms with Crippen molar-refractivity contribution in [2.75, 3.05) is 0 Å². The van der Waals surface area contributed by atoms with Crippen LogP contribution in [0.15, 0.2) is 30.6 Å². The molecule has 2 rings (SSSR count). The van der Waals surface area contributed by atoms with Crippen molar-refractivity contribution in [2.24, 2.45) is 7.05 Å². The lowest BCUT2D eigenvalue weighted by atomic mass is 10.0. The molecule has 0 amide bonds. The Kier molecular flexibility index (Phi) is 4.56. The van der Waals surface area contributed by atoms with Crippen LogP contribution in [-0.2, 0) is 19.9 Å². The third kappa shape index (κ3) is 3.78. The minimum absolute atomic E-state index is 0.228. The quantitative estimate of drug-likeness (QED) is 0.916. The molecule has 5 heteroatoms. The number of hydrogen-bond acceptors (Lipinski definition) is 2. The number of hydrogen-bond donors (Lipinski definition) is 1. The van der Waals surface area contributed by atoms with Crippen LogP contribution in [0.4, 0.5) is 4.39 Å². The van der Waals surface area contributed by atoms with Crippen LogP contribution in [0, 0.1) is 5.82 Å². The molecule has 0 aliphatic heterocycles. The van der Waals surface area contributed by atoms with Crippen LogP contribution in [-0.4, -0.2) is 21.0 Å². The molecule has 1 atom stereocenters. The summed E-state index contributed by atoms with van der Waals surface area (Å²) in [5, 5.41) is 14.4. The van der Waals surface area contributed by atoms with E-state index in [2.05, 4.69) is 5.10 Å². The van der Waals surface area contributed by atoms with Gasteiger partial charge in [0.1, 0.15) is 5.82 Å². The van der Waals surface area contributed by atoms with Gasteiger partial charge in [0, 0.05) is 30.3 Å². The van der Waals surface area contributed by atoms with Gasteiger partial charge in [-0.05, 0) is 30.5 Å². The zero-order valence-electron chi connectivity index (χ0n) is 10.7. The van der Waals surface area contributed by atoms with Crippen molar-refractivity contribution in [1.29, 1.82) is 0 Å². The largest absolute Gasteiger partial charge is 0.393 e. The van der Waals surface area contributed by atoms with E-state index in [1.54, 1.807) is 23.0 Å². The molecule has 102 valence electrons. The van der Waals surface area contributed by atoms with Gasteiger partial charge >= 0.3 is 0 Å². The summed E-state index contributed by atoms with van der Waals surface area (Å²) in [4.78, 5) is 0. The third-order valence-corrected chi connectivity index (χ3v) is 3.38. The van der Waals surface area contributed by atoms with E-state index < -0.39 is 6.10 Å². The van der Waals surface area contributed by atoms with Crippen LogP contribution >= 0.6 is 11.6 Å². The van der Waals surface area contributed by atoms with Gasteiger partial charge in [-0.3, -0.25) is 4.68 Å². The van der Waals surface area contributed by atoms with Crippen molar-refractivity contribution >= 4 is 11.6 Å². The highest BCUT2D eigenvalue weighted by atomic mass is 35.5. The number of aliphatic hydroxyl groups excluding tert-OH is 1. The summed E-state index contributed by atoms with van der Waals surface area (Å²) in [7, 11) is 1.85. The Morgan fingerprint density at radius 1 is 1.47 bits per heavy atom. The van der Waals surface area contributed by atoms with Gasteiger partial charge in [0.2, 0.25) is 0 Å². The first kappa shape index (κ1) is 14.0. The molecular weight excluding hydrogens is 267 g/mol. The number of aryl methyl sites for hydroxylation is 2. The Bertz CT molecular complexity index is 536. The first-order valence-corrected chi connectivity index (χ1v) is 6.52. The Balaban J connectivity index is 1.92. The summed E-state index contributed by atoms with van der Waals surface area (Å²) in [6.07, 6.45) is 4.55. The average Bonchev–Trinajstić information content (AvgIpc) is 2.77. The number of nitrogens with zero attached hydrogens (tertiary/aromatic N) is 2. The van der Waals surface area contributed by atoms with Gasteiger partial charge in [0.25, 0.3) is 0 Å². The SMILES string of the molecule is Cn1cc(CCC(O)Cc2c(F)cccc2Cl)cn1. The van der Waals surface area contributed by atoms with E-state index >= 15 is 0 Å². The van der Waals surface area contributed by atoms with Crippen molar-refractivity contribution in [3.8, 4) is 0 Å². The van der Waals surface area contributed by atoms with Gasteiger partial charge in [-0.1, -0.05) is 17.7 Å². The van der Waals surface area contributed by atoms with Crippen LogP contribution in [0.2, 0.25) is 5.02 Å². The minimum Gasteiger partial charge on any atom is -0.393 e. The van der Waals surface area contributed by atoms with Crippen LogP contribution in [0.1, 0.15) is 17.5 Å². The highest BCUT2D eigenvalue weighted by molar-refractivity contribution is 6.31. The average molecular weight is 283 g/mol. The molecule has 0 saturated carbocycles. The molecule has 1 unspecified atom stereocenters. The van der Waals surface area contributed by atoms with Crippen molar-refractivity contribution < 1.29 is 9.50 Å². The smallest absolute Gasteiger partial charge is 0.127 e. The molecule has 2 aromatic rings. The normalized spacial score (nSPS) is 12.6. The Labute approximate surface area is 116 Å². The molecule has 1 aromatic heterocycles. The Morgan fingerprint density at radius 3 is 2.89 bits per heavy atom. The predicted octanol–water partition coefficient (Wildman–Crippen LogP) is 2.75. The summed E-state index contributed by atoms with van der Waals surface area (Å²) < 4.78 is 15.3. The van der Waals surface area contributed by atoms with Crippen LogP contribution < -0.4 is 0 Å². The maximum Gasteiger partial charge on any atom is 0.127 e. The number of aliphatic hydroxyl groups is 1. The first-order valence-electron chi connectivity index (χ1n) is 6.14. The van der Waals surface area contributed by atoms with E-state index in [0.29, 0.717) is 23.4 Å². The molecule has 0 fully saturated rings. The molecule has 3 nitrogen and oxygen atoms in total. The first-order chi connectivity index (χ1) is 9.06. The fraction of sp³-hybridized carbons (Fsp3) is 0.357. The molecule has 0 radical (unpaired) electrons. The van der Waals surface area contributed by atoms with Crippen LogP contribution in [0.3, 0.4) is 0 Å². The zero-order chi connectivity index (χ0) is 13.8. The maximum absolute atomic E-state index is 13.6. The maximum atomic E-state index is 13.6. The molecule has 1 N–H and O–H groups in total. The highest BCUT2D eigenvalue weighted by Crippen LogP contribution is 2.21. The van der Waals surface area contributed by atoms with E-state index in [0.717, 1.165) is 5.56 Å². The summed E-state index contributed by atoms with van der Waals surface area (Å²) in [5.41, 5.74) is 1.43. The molecule has 1 aromatic carbocycles. The second-order valence-corrected chi connectivity index (χ2v) is 5.03. The lowest BCUT2D eigenvalue weighted by Crippen LogP contribution is -2.13. The minimum atomic E-state index is -0.616. The predicted molar refractivity (Wildman–Crippen MR) is 72.6 cm³/mol. The second kappa shape index (κ2) is 6.17. The molecule has 0 bridgehead atoms. The van der Waals surface area contributed by atoms with Gasteiger partial charge in [-0.25, -0.2) is 4.39 Å². The Hall–Kier alpha value is -1.39. The summed E-state index contributed by atoms with van der Waals surface area (Å²) in [5.74, 6) is -0.368. The molecular formula is C14H16ClFN2O. The number of benzene rings is 1. The van der Waals surface area contributed by atoms with Gasteiger partial charge in [0.15, 0.2) is 0 Å². The molecule has 0 aliphatic carbocycles. The summed E-state index contributed by atoms with van der Waals surface area (Å²) in [6, 6.07) is 4.55. The number of rotatable bonds is 5. The van der Waals surface area contributed by atoms with E-state index in [1.165, 1.54) is 6.07 Å². The number of halogens is 2. The van der Waals surface area contributed by atoms with Crippen molar-refractivity contribution in [3.05, 3.63) is 52.6 Å². The summed E-state index contributed by atoms with van der Waals surface area (Å²) >= 11 is 5.93. The van der Waals surface area contributed by atoms with Crippen LogP contribution in [0.5, 0.6) is 0 Å². The van der Waals surface area contributed by atoms with Crippen LogP contribution in [0.25, 0.3) is 0 Å². The standard InChI is InChI=1S/C14H16ClFN2O/c1-18-9-10(8-17-18)5-6-11(19)7-12-13(15)3-2-4-14(12)16/h2-4,8-9,11,19H,5-7H2,1H3. The molecule has 0 aliphatic rings. The van der Waals surface area contributed by atoms with E-state index in [9.17, 15) is 9.50 Å². The van der Waals surface area contributed by atoms with E-state index in [4.69, 9.17) is 11.6 Å². The lowest BCUT2D eigenvalue weighted by Gasteiger charge is -2.12. The molecule has 19 heavy (non-hydrogen) atoms. The fourth-order valence-electron chi connectivity index (χ4n) is 2.00. The molecule has 0 saturated heterocycles. The van der Waals surface area contributed by atoms with Gasteiger partial charge in [0.05, 0.1) is 12.3 Å². The second-order valence-electron chi connectivity index (χ2n) is 4.62. The zero-order valence-corrected chi connectivity index (χ0v) is 11.4. The van der Waals surface area contributed by atoms with Gasteiger partial charge < -0.3 is 5.11 Å². The van der Waals surface area contributed by atoms with Crippen molar-refractivity contribution in [3.63, 3.8) is 0 Å². The van der Waals surface area contributed by atoms with Crippen molar-refractivity contribution in [1.82, 2.24) is 9.78 Å². The molecule has 0 spiro atoms. The van der Waals surface area contributed by atoms with E-state index in [1.807, 2.05) is 13.2 Å². The van der Waals surface area contributed by atoms with Crippen molar-refractivity contribution in [2.45, 2.75) is 25.4 Å². The third-order valence-electron chi connectivity index (χ3n) is 3.03. The Morgan fingerprint density at radius 2 is 2.26 bits per heavy atom. The molecule has 1 heterocycles. The topological polar surface area (TPSA) is 38.0 Å². The van der Waals surface area contributed by atoms with E-state index in [-0.39, 0.29) is 12.2 Å². The lowest BCUT2D eigenvalue weighted by molar-refractivity contribution is 0.164. The van der Waals surface area contributed by atoms with Gasteiger partial charge in [-0.2, -0.15) is 5.10 Å². The highest BCUT2D eigenvalue weighted by Gasteiger charge is 2.13. The monoisotopic (exact) mass is 282 g/mol. The van der Waals surface area contributed by atoms with Gasteiger partial charge in [-0.15, -0.1) is 0 Å². The number of aromatic nitrogens is 2. The fourth-order valence-corrected chi connectivity index (χ4v) is 2.24.